The Morgan fingerprint density at radius 3 is 2.08 bits per heavy atom. The Kier molecular flexibility index (Phi) is 5.31. The SMILES string of the molecule is COc1cc(/C=C/c2ccccc2)ccc1OCc1ccccc1. The summed E-state index contributed by atoms with van der Waals surface area (Å²) in [6.45, 7) is 0.524. The lowest BCUT2D eigenvalue weighted by molar-refractivity contribution is 0.284. The van der Waals surface area contributed by atoms with E-state index in [4.69, 9.17) is 9.47 Å². The maximum Gasteiger partial charge on any atom is 0.161 e. The number of benzene rings is 3. The summed E-state index contributed by atoms with van der Waals surface area (Å²) in [4.78, 5) is 0. The molecule has 2 heteroatoms. The average molecular weight is 316 g/mol. The van der Waals surface area contributed by atoms with Crippen LogP contribution in [0.5, 0.6) is 11.5 Å². The molecule has 2 nitrogen and oxygen atoms in total. The second-order valence-electron chi connectivity index (χ2n) is 5.43. The quantitative estimate of drug-likeness (QED) is 0.563. The van der Waals surface area contributed by atoms with E-state index < -0.39 is 0 Å². The summed E-state index contributed by atoms with van der Waals surface area (Å²) in [5.41, 5.74) is 3.37. The van der Waals surface area contributed by atoms with Crippen molar-refractivity contribution in [1.82, 2.24) is 0 Å². The van der Waals surface area contributed by atoms with Crippen LogP contribution in [0.25, 0.3) is 12.2 Å². The highest BCUT2D eigenvalue weighted by molar-refractivity contribution is 5.70. The summed E-state index contributed by atoms with van der Waals surface area (Å²) >= 11 is 0. The fraction of sp³-hybridized carbons (Fsp3) is 0.0909. The van der Waals surface area contributed by atoms with E-state index >= 15 is 0 Å². The Labute approximate surface area is 143 Å². The lowest BCUT2D eigenvalue weighted by atomic mass is 10.1. The van der Waals surface area contributed by atoms with Gasteiger partial charge in [-0.05, 0) is 28.8 Å². The molecule has 0 amide bonds. The number of hydrogen-bond acceptors (Lipinski definition) is 2. The molecule has 0 aromatic heterocycles. The third-order valence-corrected chi connectivity index (χ3v) is 3.69. The van der Waals surface area contributed by atoms with E-state index in [2.05, 4.69) is 24.3 Å². The van der Waals surface area contributed by atoms with Crippen LogP contribution in [0, 0.1) is 0 Å². The van der Waals surface area contributed by atoms with Crippen molar-refractivity contribution in [2.45, 2.75) is 6.61 Å². The molecule has 0 heterocycles. The maximum atomic E-state index is 5.88. The van der Waals surface area contributed by atoms with Gasteiger partial charge in [-0.1, -0.05) is 78.9 Å². The van der Waals surface area contributed by atoms with E-state index in [-0.39, 0.29) is 0 Å². The summed E-state index contributed by atoms with van der Waals surface area (Å²) in [5, 5.41) is 0. The van der Waals surface area contributed by atoms with E-state index in [1.54, 1.807) is 7.11 Å². The minimum absolute atomic E-state index is 0.524. The molecule has 3 aromatic rings. The van der Waals surface area contributed by atoms with Gasteiger partial charge in [0.25, 0.3) is 0 Å². The van der Waals surface area contributed by atoms with E-state index in [1.807, 2.05) is 66.7 Å². The molecule has 0 aliphatic carbocycles. The van der Waals surface area contributed by atoms with Crippen molar-refractivity contribution in [3.05, 3.63) is 95.6 Å². The Morgan fingerprint density at radius 1 is 0.708 bits per heavy atom. The highest BCUT2D eigenvalue weighted by Crippen LogP contribution is 2.29. The maximum absolute atomic E-state index is 5.88. The van der Waals surface area contributed by atoms with Crippen LogP contribution in [0.15, 0.2) is 78.9 Å². The fourth-order valence-corrected chi connectivity index (χ4v) is 2.40. The minimum atomic E-state index is 0.524. The highest BCUT2D eigenvalue weighted by Gasteiger charge is 2.05. The van der Waals surface area contributed by atoms with E-state index in [9.17, 15) is 0 Å². The van der Waals surface area contributed by atoms with Gasteiger partial charge in [-0.25, -0.2) is 0 Å². The topological polar surface area (TPSA) is 18.5 Å². The van der Waals surface area contributed by atoms with Crippen LogP contribution < -0.4 is 9.47 Å². The monoisotopic (exact) mass is 316 g/mol. The Morgan fingerprint density at radius 2 is 1.38 bits per heavy atom. The van der Waals surface area contributed by atoms with E-state index in [1.165, 1.54) is 5.56 Å². The number of hydrogen-bond donors (Lipinski definition) is 0. The zero-order valence-corrected chi connectivity index (χ0v) is 13.7. The molecule has 0 aliphatic heterocycles. The first-order chi connectivity index (χ1) is 11.8. The Bertz CT molecular complexity index is 793. The molecular formula is C22H20O2. The average Bonchev–Trinajstić information content (AvgIpc) is 2.66. The summed E-state index contributed by atoms with van der Waals surface area (Å²) in [5.74, 6) is 1.49. The Hall–Kier alpha value is -3.00. The Balaban J connectivity index is 1.72. The lowest BCUT2D eigenvalue weighted by Gasteiger charge is -2.11. The summed E-state index contributed by atoms with van der Waals surface area (Å²) < 4.78 is 11.4. The standard InChI is InChI=1S/C22H20O2/c1-23-22-16-19(13-12-18-8-4-2-5-9-18)14-15-21(22)24-17-20-10-6-3-7-11-20/h2-16H,17H2,1H3/b13-12+. The molecule has 3 aromatic carbocycles. The first-order valence-corrected chi connectivity index (χ1v) is 7.93. The van der Waals surface area contributed by atoms with E-state index in [0.717, 1.165) is 22.6 Å². The molecule has 3 rings (SSSR count). The van der Waals surface area contributed by atoms with Gasteiger partial charge in [0.1, 0.15) is 6.61 Å². The van der Waals surface area contributed by atoms with Gasteiger partial charge in [0.05, 0.1) is 7.11 Å². The van der Waals surface area contributed by atoms with Crippen LogP contribution in [0.1, 0.15) is 16.7 Å². The molecule has 0 bridgehead atoms. The zero-order chi connectivity index (χ0) is 16.6. The summed E-state index contributed by atoms with van der Waals surface area (Å²) in [7, 11) is 1.66. The summed E-state index contributed by atoms with van der Waals surface area (Å²) in [6.07, 6.45) is 4.15. The van der Waals surface area contributed by atoms with E-state index in [0.29, 0.717) is 6.61 Å². The van der Waals surface area contributed by atoms with Crippen molar-refractivity contribution in [2.24, 2.45) is 0 Å². The van der Waals surface area contributed by atoms with Crippen molar-refractivity contribution < 1.29 is 9.47 Å². The number of rotatable bonds is 6. The van der Waals surface area contributed by atoms with Gasteiger partial charge >= 0.3 is 0 Å². The van der Waals surface area contributed by atoms with Crippen molar-refractivity contribution in [2.75, 3.05) is 7.11 Å². The molecule has 0 atom stereocenters. The molecule has 0 spiro atoms. The first kappa shape index (κ1) is 15.9. The molecule has 0 N–H and O–H groups in total. The second-order valence-corrected chi connectivity index (χ2v) is 5.43. The van der Waals surface area contributed by atoms with Gasteiger partial charge in [0, 0.05) is 0 Å². The first-order valence-electron chi connectivity index (χ1n) is 7.93. The molecular weight excluding hydrogens is 296 g/mol. The largest absolute Gasteiger partial charge is 0.493 e. The fourth-order valence-electron chi connectivity index (χ4n) is 2.40. The lowest BCUT2D eigenvalue weighted by Crippen LogP contribution is -1.97. The van der Waals surface area contributed by atoms with Gasteiger partial charge < -0.3 is 9.47 Å². The molecule has 0 fully saturated rings. The van der Waals surface area contributed by atoms with Crippen LogP contribution in [0.4, 0.5) is 0 Å². The third-order valence-electron chi connectivity index (χ3n) is 3.69. The molecule has 0 saturated heterocycles. The van der Waals surface area contributed by atoms with Gasteiger partial charge in [-0.3, -0.25) is 0 Å². The number of methoxy groups -OCH3 is 1. The van der Waals surface area contributed by atoms with Crippen LogP contribution >= 0.6 is 0 Å². The van der Waals surface area contributed by atoms with Crippen LogP contribution in [0.2, 0.25) is 0 Å². The molecule has 0 saturated carbocycles. The van der Waals surface area contributed by atoms with Crippen molar-refractivity contribution >= 4 is 12.2 Å². The highest BCUT2D eigenvalue weighted by atomic mass is 16.5. The van der Waals surface area contributed by atoms with Gasteiger partial charge in [-0.15, -0.1) is 0 Å². The minimum Gasteiger partial charge on any atom is -0.493 e. The molecule has 24 heavy (non-hydrogen) atoms. The third kappa shape index (κ3) is 4.26. The van der Waals surface area contributed by atoms with Crippen LogP contribution in [0.3, 0.4) is 0 Å². The van der Waals surface area contributed by atoms with Crippen molar-refractivity contribution in [3.8, 4) is 11.5 Å². The predicted molar refractivity (Wildman–Crippen MR) is 99.1 cm³/mol. The van der Waals surface area contributed by atoms with Gasteiger partial charge in [-0.2, -0.15) is 0 Å². The van der Waals surface area contributed by atoms with Crippen LogP contribution in [-0.2, 0) is 6.61 Å². The van der Waals surface area contributed by atoms with Crippen molar-refractivity contribution in [1.29, 1.82) is 0 Å². The molecule has 0 unspecified atom stereocenters. The van der Waals surface area contributed by atoms with Crippen LogP contribution in [-0.4, -0.2) is 7.11 Å². The molecule has 0 radical (unpaired) electrons. The zero-order valence-electron chi connectivity index (χ0n) is 13.7. The molecule has 120 valence electrons. The number of ether oxygens (including phenoxy) is 2. The predicted octanol–water partition coefficient (Wildman–Crippen LogP) is 5.44. The second kappa shape index (κ2) is 8.02. The van der Waals surface area contributed by atoms with Crippen molar-refractivity contribution in [3.63, 3.8) is 0 Å². The summed E-state index contributed by atoms with van der Waals surface area (Å²) in [6, 6.07) is 26.3. The smallest absolute Gasteiger partial charge is 0.161 e. The normalized spacial score (nSPS) is 10.7. The van der Waals surface area contributed by atoms with Gasteiger partial charge in [0.15, 0.2) is 11.5 Å². The molecule has 0 aliphatic rings. The van der Waals surface area contributed by atoms with Gasteiger partial charge in [0.2, 0.25) is 0 Å².